The molecule has 1 atom stereocenters. The van der Waals surface area contributed by atoms with Gasteiger partial charge in [-0.2, -0.15) is 0 Å². The molecule has 0 fully saturated rings. The first-order valence-electron chi connectivity index (χ1n) is 6.10. The molecule has 2 aromatic heterocycles. The van der Waals surface area contributed by atoms with E-state index in [2.05, 4.69) is 10.4 Å². The average Bonchev–Trinajstić information content (AvgIpc) is 3.12. The molecule has 0 aliphatic heterocycles. The van der Waals surface area contributed by atoms with Gasteiger partial charge in [0.25, 0.3) is 0 Å². The van der Waals surface area contributed by atoms with Crippen molar-refractivity contribution in [1.29, 1.82) is 0 Å². The lowest BCUT2D eigenvalue weighted by Gasteiger charge is -2.11. The Kier molecular flexibility index (Phi) is 4.21. The van der Waals surface area contributed by atoms with Gasteiger partial charge >= 0.3 is 11.6 Å². The summed E-state index contributed by atoms with van der Waals surface area (Å²) in [6.45, 7) is 1.81. The summed E-state index contributed by atoms with van der Waals surface area (Å²) in [5.74, 6) is 0.136. The Morgan fingerprint density at radius 1 is 1.67 bits per heavy atom. The van der Waals surface area contributed by atoms with Crippen LogP contribution in [0.4, 0.5) is 5.69 Å². The van der Waals surface area contributed by atoms with Crippen LogP contribution in [0, 0.1) is 10.1 Å². The van der Waals surface area contributed by atoms with Crippen LogP contribution in [0.2, 0.25) is 0 Å². The summed E-state index contributed by atoms with van der Waals surface area (Å²) < 4.78 is 11.1. The number of hydrogen-bond acceptors (Lipinski definition) is 6. The van der Waals surface area contributed by atoms with Crippen LogP contribution in [0.1, 0.15) is 18.7 Å². The van der Waals surface area contributed by atoms with Gasteiger partial charge in [0.15, 0.2) is 0 Å². The SMILES string of the molecule is COc1nn(C(C)C(=O)NCc2ccco2)cc1[N+](=O)[O-]. The van der Waals surface area contributed by atoms with E-state index in [9.17, 15) is 14.9 Å². The minimum Gasteiger partial charge on any atom is -0.475 e. The lowest BCUT2D eigenvalue weighted by Crippen LogP contribution is -2.30. The zero-order valence-electron chi connectivity index (χ0n) is 11.5. The predicted octanol–water partition coefficient (Wildman–Crippen LogP) is 1.27. The highest BCUT2D eigenvalue weighted by atomic mass is 16.6. The first kappa shape index (κ1) is 14.6. The molecule has 0 aliphatic carbocycles. The Morgan fingerprint density at radius 3 is 2.95 bits per heavy atom. The van der Waals surface area contributed by atoms with Crippen molar-refractivity contribution in [3.8, 4) is 5.88 Å². The molecule has 0 bridgehead atoms. The van der Waals surface area contributed by atoms with Crippen molar-refractivity contribution in [3.05, 3.63) is 40.5 Å². The third-order valence-corrected chi connectivity index (χ3v) is 2.86. The molecule has 0 spiro atoms. The fourth-order valence-electron chi connectivity index (χ4n) is 1.69. The number of nitrogens with zero attached hydrogens (tertiary/aromatic N) is 3. The maximum atomic E-state index is 12.0. The molecule has 21 heavy (non-hydrogen) atoms. The molecule has 0 aromatic carbocycles. The molecule has 2 rings (SSSR count). The Bertz CT molecular complexity index is 634. The Balaban J connectivity index is 2.06. The summed E-state index contributed by atoms with van der Waals surface area (Å²) in [4.78, 5) is 22.2. The van der Waals surface area contributed by atoms with Crippen LogP contribution < -0.4 is 10.1 Å². The molecule has 2 heterocycles. The minimum atomic E-state index is -0.720. The first-order chi connectivity index (χ1) is 10.0. The molecule has 0 saturated heterocycles. The third-order valence-electron chi connectivity index (χ3n) is 2.86. The number of carbonyl (C=O) groups is 1. The number of aromatic nitrogens is 2. The smallest absolute Gasteiger partial charge is 0.350 e. The van der Waals surface area contributed by atoms with E-state index in [1.165, 1.54) is 18.1 Å². The number of hydrogen-bond donors (Lipinski definition) is 1. The van der Waals surface area contributed by atoms with Crippen LogP contribution in [0.5, 0.6) is 5.88 Å². The monoisotopic (exact) mass is 294 g/mol. The van der Waals surface area contributed by atoms with Gasteiger partial charge in [0.1, 0.15) is 18.0 Å². The van der Waals surface area contributed by atoms with Gasteiger partial charge in [-0.3, -0.25) is 14.9 Å². The van der Waals surface area contributed by atoms with Crippen LogP contribution in [-0.4, -0.2) is 27.7 Å². The summed E-state index contributed by atoms with van der Waals surface area (Å²) in [6, 6.07) is 2.72. The molecule has 9 nitrogen and oxygen atoms in total. The van der Waals surface area contributed by atoms with Crippen molar-refractivity contribution in [2.75, 3.05) is 7.11 Å². The van der Waals surface area contributed by atoms with Gasteiger partial charge < -0.3 is 14.5 Å². The van der Waals surface area contributed by atoms with Gasteiger partial charge in [0.2, 0.25) is 5.91 Å². The van der Waals surface area contributed by atoms with E-state index < -0.39 is 11.0 Å². The maximum absolute atomic E-state index is 12.0. The van der Waals surface area contributed by atoms with E-state index in [1.54, 1.807) is 19.1 Å². The van der Waals surface area contributed by atoms with Crippen LogP contribution in [0.3, 0.4) is 0 Å². The minimum absolute atomic E-state index is 0.134. The summed E-state index contributed by atoms with van der Waals surface area (Å²) in [6.07, 6.45) is 2.67. The van der Waals surface area contributed by atoms with Crippen molar-refractivity contribution >= 4 is 11.6 Å². The molecule has 1 N–H and O–H groups in total. The quantitative estimate of drug-likeness (QED) is 0.634. The summed E-state index contributed by atoms with van der Waals surface area (Å²) in [7, 11) is 1.28. The van der Waals surface area contributed by atoms with Gasteiger partial charge in [0, 0.05) is 0 Å². The lowest BCUT2D eigenvalue weighted by atomic mass is 10.3. The third kappa shape index (κ3) is 3.19. The molecular weight excluding hydrogens is 280 g/mol. The molecule has 0 saturated carbocycles. The van der Waals surface area contributed by atoms with Crippen molar-refractivity contribution in [1.82, 2.24) is 15.1 Å². The fourth-order valence-corrected chi connectivity index (χ4v) is 1.69. The standard InChI is InChI=1S/C12H14N4O5/c1-8(11(17)13-6-9-4-3-5-21-9)15-7-10(16(18)19)12(14-15)20-2/h3-5,7-8H,6H2,1-2H3,(H,13,17). The number of nitrogens with one attached hydrogen (secondary N) is 1. The molecular formula is C12H14N4O5. The van der Waals surface area contributed by atoms with Gasteiger partial charge in [-0.15, -0.1) is 5.10 Å². The number of amides is 1. The number of ether oxygens (including phenoxy) is 1. The number of rotatable bonds is 6. The summed E-state index contributed by atoms with van der Waals surface area (Å²) in [5.41, 5.74) is -0.289. The zero-order valence-corrected chi connectivity index (χ0v) is 11.5. The van der Waals surface area contributed by atoms with Gasteiger partial charge in [-0.05, 0) is 19.1 Å². The largest absolute Gasteiger partial charge is 0.475 e. The van der Waals surface area contributed by atoms with Gasteiger partial charge in [-0.25, -0.2) is 4.68 Å². The Labute approximate surface area is 119 Å². The highest BCUT2D eigenvalue weighted by Crippen LogP contribution is 2.25. The van der Waals surface area contributed by atoms with E-state index in [1.807, 2.05) is 0 Å². The van der Waals surface area contributed by atoms with E-state index in [-0.39, 0.29) is 24.0 Å². The van der Waals surface area contributed by atoms with Crippen LogP contribution in [-0.2, 0) is 11.3 Å². The van der Waals surface area contributed by atoms with Crippen LogP contribution in [0.25, 0.3) is 0 Å². The van der Waals surface area contributed by atoms with Crippen molar-refractivity contribution in [3.63, 3.8) is 0 Å². The van der Waals surface area contributed by atoms with Crippen LogP contribution in [0.15, 0.2) is 29.0 Å². The van der Waals surface area contributed by atoms with E-state index in [0.717, 1.165) is 6.20 Å². The van der Waals surface area contributed by atoms with Gasteiger partial charge in [-0.1, -0.05) is 0 Å². The number of furan rings is 1. The second kappa shape index (κ2) is 6.07. The van der Waals surface area contributed by atoms with Gasteiger partial charge in [0.05, 0.1) is 24.8 Å². The molecule has 1 unspecified atom stereocenters. The molecule has 2 aromatic rings. The topological polar surface area (TPSA) is 112 Å². The first-order valence-corrected chi connectivity index (χ1v) is 6.10. The van der Waals surface area contributed by atoms with Crippen molar-refractivity contribution in [2.24, 2.45) is 0 Å². The second-order valence-corrected chi connectivity index (χ2v) is 4.23. The van der Waals surface area contributed by atoms with E-state index in [4.69, 9.17) is 9.15 Å². The molecule has 1 amide bonds. The molecule has 0 radical (unpaired) electrons. The molecule has 112 valence electrons. The fraction of sp³-hybridized carbons (Fsp3) is 0.333. The summed E-state index contributed by atoms with van der Waals surface area (Å²) >= 11 is 0. The average molecular weight is 294 g/mol. The normalized spacial score (nSPS) is 11.9. The van der Waals surface area contributed by atoms with Crippen molar-refractivity contribution in [2.45, 2.75) is 19.5 Å². The Morgan fingerprint density at radius 2 is 2.43 bits per heavy atom. The van der Waals surface area contributed by atoms with E-state index in [0.29, 0.717) is 5.76 Å². The predicted molar refractivity (Wildman–Crippen MR) is 70.7 cm³/mol. The van der Waals surface area contributed by atoms with E-state index >= 15 is 0 Å². The highest BCUT2D eigenvalue weighted by molar-refractivity contribution is 5.79. The Hall–Kier alpha value is -2.84. The van der Waals surface area contributed by atoms with Crippen molar-refractivity contribution < 1.29 is 18.9 Å². The number of carbonyl (C=O) groups excluding carboxylic acids is 1. The molecule has 9 heteroatoms. The lowest BCUT2D eigenvalue weighted by molar-refractivity contribution is -0.385. The maximum Gasteiger partial charge on any atom is 0.350 e. The second-order valence-electron chi connectivity index (χ2n) is 4.23. The van der Waals surface area contributed by atoms with Crippen LogP contribution >= 0.6 is 0 Å². The molecule has 0 aliphatic rings. The highest BCUT2D eigenvalue weighted by Gasteiger charge is 2.25. The number of methoxy groups -OCH3 is 1. The summed E-state index contributed by atoms with van der Waals surface area (Å²) in [5, 5.41) is 17.4. The zero-order chi connectivity index (χ0) is 15.4. The number of nitro groups is 1.